The molecule has 0 spiro atoms. The minimum Gasteiger partial charge on any atom is -0.490 e. The van der Waals surface area contributed by atoms with Gasteiger partial charge in [0.1, 0.15) is 5.75 Å². The van der Waals surface area contributed by atoms with Crippen molar-refractivity contribution < 1.29 is 9.84 Å². The Morgan fingerprint density at radius 1 is 1.11 bits per heavy atom. The topological polar surface area (TPSA) is 29.5 Å². The maximum Gasteiger partial charge on any atom is 0.120 e. The fourth-order valence-corrected chi connectivity index (χ4v) is 3.72. The molecule has 2 fully saturated rings. The third-order valence-corrected chi connectivity index (χ3v) is 4.44. The van der Waals surface area contributed by atoms with Gasteiger partial charge in [-0.25, -0.2) is 0 Å². The Bertz CT molecular complexity index is 415. The maximum atomic E-state index is 9.23. The van der Waals surface area contributed by atoms with Gasteiger partial charge >= 0.3 is 0 Å². The smallest absolute Gasteiger partial charge is 0.120 e. The van der Waals surface area contributed by atoms with Crippen LogP contribution in [0.2, 0.25) is 0 Å². The van der Waals surface area contributed by atoms with Gasteiger partial charge in [0.25, 0.3) is 0 Å². The average molecular weight is 246 g/mol. The molecule has 2 nitrogen and oxygen atoms in total. The van der Waals surface area contributed by atoms with Crippen LogP contribution in [0.5, 0.6) is 5.75 Å². The molecule has 1 aromatic rings. The SMILES string of the molecule is Cc1cc(CO)cc(O[C@@H]2C[C@@H]3CC[C@@H](C3)C2)c1. The van der Waals surface area contributed by atoms with E-state index in [9.17, 15) is 5.11 Å². The van der Waals surface area contributed by atoms with E-state index >= 15 is 0 Å². The van der Waals surface area contributed by atoms with Gasteiger partial charge in [0.2, 0.25) is 0 Å². The molecule has 2 heteroatoms. The average Bonchev–Trinajstić information content (AvgIpc) is 2.68. The van der Waals surface area contributed by atoms with Gasteiger partial charge in [0, 0.05) is 0 Å². The molecular formula is C16H22O2. The van der Waals surface area contributed by atoms with E-state index in [2.05, 4.69) is 13.0 Å². The molecule has 0 saturated heterocycles. The van der Waals surface area contributed by atoms with Crippen molar-refractivity contribution in [1.29, 1.82) is 0 Å². The van der Waals surface area contributed by atoms with E-state index in [1.807, 2.05) is 12.1 Å². The molecule has 0 amide bonds. The molecule has 2 saturated carbocycles. The highest BCUT2D eigenvalue weighted by molar-refractivity contribution is 5.33. The van der Waals surface area contributed by atoms with E-state index in [4.69, 9.17) is 4.74 Å². The molecule has 2 aliphatic rings. The van der Waals surface area contributed by atoms with Gasteiger partial charge in [0.05, 0.1) is 12.7 Å². The normalized spacial score (nSPS) is 30.4. The Balaban J connectivity index is 1.70. The third-order valence-electron chi connectivity index (χ3n) is 4.44. The van der Waals surface area contributed by atoms with Crippen molar-refractivity contribution in [3.05, 3.63) is 29.3 Å². The van der Waals surface area contributed by atoms with Gasteiger partial charge in [0.15, 0.2) is 0 Å². The van der Waals surface area contributed by atoms with Crippen molar-refractivity contribution in [2.45, 2.75) is 51.7 Å². The predicted molar refractivity (Wildman–Crippen MR) is 71.6 cm³/mol. The quantitative estimate of drug-likeness (QED) is 0.885. The Kier molecular flexibility index (Phi) is 3.29. The predicted octanol–water partition coefficient (Wildman–Crippen LogP) is 3.44. The highest BCUT2D eigenvalue weighted by Crippen LogP contribution is 2.43. The fourth-order valence-electron chi connectivity index (χ4n) is 3.72. The first-order valence-electron chi connectivity index (χ1n) is 7.11. The summed E-state index contributed by atoms with van der Waals surface area (Å²) < 4.78 is 6.15. The Morgan fingerprint density at radius 2 is 1.83 bits per heavy atom. The number of ether oxygens (including phenoxy) is 1. The largest absolute Gasteiger partial charge is 0.490 e. The summed E-state index contributed by atoms with van der Waals surface area (Å²) in [5.41, 5.74) is 2.11. The van der Waals surface area contributed by atoms with Crippen LogP contribution in [0.4, 0.5) is 0 Å². The lowest BCUT2D eigenvalue weighted by Crippen LogP contribution is -2.26. The molecule has 1 aromatic carbocycles. The van der Waals surface area contributed by atoms with Crippen LogP contribution < -0.4 is 4.74 Å². The number of aliphatic hydroxyl groups excluding tert-OH is 1. The van der Waals surface area contributed by atoms with Crippen LogP contribution in [-0.2, 0) is 6.61 Å². The number of hydrogen-bond acceptors (Lipinski definition) is 2. The molecule has 18 heavy (non-hydrogen) atoms. The van der Waals surface area contributed by atoms with Crippen molar-refractivity contribution in [3.63, 3.8) is 0 Å². The van der Waals surface area contributed by atoms with Crippen LogP contribution in [0.15, 0.2) is 18.2 Å². The number of hydrogen-bond donors (Lipinski definition) is 1. The highest BCUT2D eigenvalue weighted by Gasteiger charge is 2.35. The van der Waals surface area contributed by atoms with Gasteiger partial charge in [-0.2, -0.15) is 0 Å². The summed E-state index contributed by atoms with van der Waals surface area (Å²) in [6.45, 7) is 2.14. The van der Waals surface area contributed by atoms with Crippen LogP contribution >= 0.6 is 0 Å². The van der Waals surface area contributed by atoms with Crippen molar-refractivity contribution in [2.24, 2.45) is 11.8 Å². The van der Waals surface area contributed by atoms with Crippen molar-refractivity contribution >= 4 is 0 Å². The molecule has 3 rings (SSSR count). The molecule has 0 aliphatic heterocycles. The first-order valence-corrected chi connectivity index (χ1v) is 7.11. The molecule has 0 radical (unpaired) electrons. The van der Waals surface area contributed by atoms with Gasteiger partial charge in [-0.3, -0.25) is 0 Å². The van der Waals surface area contributed by atoms with E-state index in [0.717, 1.165) is 28.7 Å². The molecular weight excluding hydrogens is 224 g/mol. The molecule has 2 aliphatic carbocycles. The van der Waals surface area contributed by atoms with Crippen LogP contribution in [-0.4, -0.2) is 11.2 Å². The second kappa shape index (κ2) is 4.93. The second-order valence-electron chi connectivity index (χ2n) is 6.07. The Morgan fingerprint density at radius 3 is 2.50 bits per heavy atom. The number of rotatable bonds is 3. The molecule has 2 bridgehead atoms. The monoisotopic (exact) mass is 246 g/mol. The van der Waals surface area contributed by atoms with Gasteiger partial charge < -0.3 is 9.84 Å². The van der Waals surface area contributed by atoms with Gasteiger partial charge in [-0.15, -0.1) is 0 Å². The zero-order valence-electron chi connectivity index (χ0n) is 11.1. The zero-order chi connectivity index (χ0) is 12.5. The van der Waals surface area contributed by atoms with Crippen molar-refractivity contribution in [2.75, 3.05) is 0 Å². The molecule has 98 valence electrons. The van der Waals surface area contributed by atoms with E-state index < -0.39 is 0 Å². The number of fused-ring (bicyclic) bond motifs is 2. The minimum absolute atomic E-state index is 0.0912. The van der Waals surface area contributed by atoms with Crippen LogP contribution in [0.1, 0.15) is 43.2 Å². The summed E-state index contributed by atoms with van der Waals surface area (Å²) in [5.74, 6) is 2.73. The molecule has 3 atom stereocenters. The summed E-state index contributed by atoms with van der Waals surface area (Å²) in [6, 6.07) is 6.07. The molecule has 0 unspecified atom stereocenters. The molecule has 0 aromatic heterocycles. The van der Waals surface area contributed by atoms with Crippen LogP contribution in [0.25, 0.3) is 0 Å². The van der Waals surface area contributed by atoms with E-state index in [1.165, 1.54) is 32.1 Å². The summed E-state index contributed by atoms with van der Waals surface area (Å²) in [4.78, 5) is 0. The lowest BCUT2D eigenvalue weighted by molar-refractivity contribution is 0.118. The molecule has 0 heterocycles. The van der Waals surface area contributed by atoms with Gasteiger partial charge in [-0.05, 0) is 61.3 Å². The van der Waals surface area contributed by atoms with E-state index in [0.29, 0.717) is 6.10 Å². The Labute approximate surface area is 109 Å². The second-order valence-corrected chi connectivity index (χ2v) is 6.07. The maximum absolute atomic E-state index is 9.23. The highest BCUT2D eigenvalue weighted by atomic mass is 16.5. The first kappa shape index (κ1) is 12.0. The van der Waals surface area contributed by atoms with E-state index in [1.54, 1.807) is 0 Å². The summed E-state index contributed by atoms with van der Waals surface area (Å²) in [6.07, 6.45) is 7.07. The van der Waals surface area contributed by atoms with Crippen molar-refractivity contribution in [3.8, 4) is 5.75 Å². The first-order chi connectivity index (χ1) is 8.72. The Hall–Kier alpha value is -1.02. The number of aryl methyl sites for hydroxylation is 1. The third kappa shape index (κ3) is 2.54. The lowest BCUT2D eigenvalue weighted by Gasteiger charge is -2.28. The molecule has 1 N–H and O–H groups in total. The van der Waals surface area contributed by atoms with Crippen LogP contribution in [0, 0.1) is 18.8 Å². The lowest BCUT2D eigenvalue weighted by atomic mass is 9.87. The standard InChI is InChI=1S/C16H22O2/c1-11-4-14(10-17)9-15(5-11)18-16-7-12-2-3-13(6-12)8-16/h4-5,9,12-13,16-17H,2-3,6-8,10H2,1H3/t12-,13+,16-. The summed E-state index contributed by atoms with van der Waals surface area (Å²) in [5, 5.41) is 9.23. The fraction of sp³-hybridized carbons (Fsp3) is 0.625. The summed E-state index contributed by atoms with van der Waals surface area (Å²) in [7, 11) is 0. The number of benzene rings is 1. The summed E-state index contributed by atoms with van der Waals surface area (Å²) >= 11 is 0. The minimum atomic E-state index is 0.0912. The van der Waals surface area contributed by atoms with Crippen LogP contribution in [0.3, 0.4) is 0 Å². The van der Waals surface area contributed by atoms with Crippen molar-refractivity contribution in [1.82, 2.24) is 0 Å². The number of aliphatic hydroxyl groups is 1. The van der Waals surface area contributed by atoms with Gasteiger partial charge in [-0.1, -0.05) is 18.9 Å². The zero-order valence-corrected chi connectivity index (χ0v) is 11.1. The van der Waals surface area contributed by atoms with E-state index in [-0.39, 0.29) is 6.61 Å².